The van der Waals surface area contributed by atoms with Gasteiger partial charge < -0.3 is 4.74 Å². The van der Waals surface area contributed by atoms with E-state index >= 15 is 0 Å². The first-order valence-electron chi connectivity index (χ1n) is 29.0. The average Bonchev–Trinajstić information content (AvgIpc) is 3.39. The Bertz CT molecular complexity index is 1970. The summed E-state index contributed by atoms with van der Waals surface area (Å²) in [6.45, 7) is 38.1. The van der Waals surface area contributed by atoms with E-state index in [9.17, 15) is 0 Å². The maximum Gasteiger partial charge on any atom is 1.00 e. The summed E-state index contributed by atoms with van der Waals surface area (Å²) >= 11 is 0. The summed E-state index contributed by atoms with van der Waals surface area (Å²) in [7, 11) is -4.07. The summed E-state index contributed by atoms with van der Waals surface area (Å²) in [6.07, 6.45) is 31.1. The van der Waals surface area contributed by atoms with Gasteiger partial charge in [0.15, 0.2) is 0 Å². The van der Waals surface area contributed by atoms with Crippen LogP contribution in [0.2, 0.25) is 51.4 Å². The van der Waals surface area contributed by atoms with Gasteiger partial charge in [0.2, 0.25) is 0 Å². The fourth-order valence-electron chi connectivity index (χ4n) is 9.04. The fourth-order valence-corrected chi connectivity index (χ4v) is 17.2. The monoisotopic (exact) mass is 1400 g/mol. The molecule has 13 heteroatoms. The third kappa shape index (κ3) is 51.3. The van der Waals surface area contributed by atoms with Crippen LogP contribution in [0.25, 0.3) is 11.1 Å². The fraction of sp³-hybridized carbons (Fsp3) is 0.576. The zero-order chi connectivity index (χ0) is 56.7. The summed E-state index contributed by atoms with van der Waals surface area (Å²) in [5.41, 5.74) is 7.02. The third-order valence-electron chi connectivity index (χ3n) is 12.5. The molecular weight excluding hydrogens is 1290 g/mol. The maximum atomic E-state index is 8.44. The van der Waals surface area contributed by atoms with E-state index in [-0.39, 0.29) is 146 Å². The molecule has 0 atom stereocenters. The van der Waals surface area contributed by atoms with Crippen molar-refractivity contribution < 1.29 is 163 Å². The number of methoxy groups -OCH3 is 1. The molecule has 0 aliphatic heterocycles. The molecule has 2 fully saturated rings. The number of hydrogen-bond acceptors (Lipinski definition) is 4. The van der Waals surface area contributed by atoms with Gasteiger partial charge >= 0.3 is 40.2 Å². The maximum absolute atomic E-state index is 8.44. The van der Waals surface area contributed by atoms with Gasteiger partial charge in [0.1, 0.15) is 0 Å². The molecule has 0 bridgehead atoms. The van der Waals surface area contributed by atoms with Crippen LogP contribution in [0.5, 0.6) is 5.75 Å². The second kappa shape index (κ2) is 64.0. The quantitative estimate of drug-likeness (QED) is 0.0725. The Hall–Kier alpha value is 1.49. The van der Waals surface area contributed by atoms with E-state index in [2.05, 4.69) is 146 Å². The molecule has 4 aromatic rings. The summed E-state index contributed by atoms with van der Waals surface area (Å²) in [4.78, 5) is 0. The van der Waals surface area contributed by atoms with Crippen molar-refractivity contribution in [2.75, 3.05) is 13.8 Å². The van der Waals surface area contributed by atoms with Crippen LogP contribution in [0.15, 0.2) is 127 Å². The molecule has 0 aromatic heterocycles. The Morgan fingerprint density at radius 2 is 0.873 bits per heavy atom. The smallest absolute Gasteiger partial charge is 0.522 e. The van der Waals surface area contributed by atoms with E-state index in [0.29, 0.717) is 0 Å². The van der Waals surface area contributed by atoms with Crippen molar-refractivity contribution in [3.05, 3.63) is 145 Å². The number of rotatable bonds is 9. The van der Waals surface area contributed by atoms with Crippen molar-refractivity contribution in [3.8, 4) is 16.9 Å². The van der Waals surface area contributed by atoms with E-state index in [1.165, 1.54) is 137 Å². The molecule has 3 aliphatic rings. The molecule has 7 rings (SSSR count). The molecule has 0 heterocycles. The molecule has 0 radical (unpaired) electrons. The molecule has 3 aliphatic carbocycles. The summed E-state index contributed by atoms with van der Waals surface area (Å²) in [5, 5.41) is 1.67. The Balaban J connectivity index is -0.000000140. The second-order valence-corrected chi connectivity index (χ2v) is 37.0. The summed E-state index contributed by atoms with van der Waals surface area (Å²) in [6, 6.07) is 42.2. The Morgan fingerprint density at radius 3 is 1.18 bits per heavy atom. The predicted octanol–water partition coefficient (Wildman–Crippen LogP) is 18.3. The molecule has 0 saturated heterocycles. The Labute approximate surface area is 604 Å². The summed E-state index contributed by atoms with van der Waals surface area (Å²) < 4.78 is 31.2. The molecule has 456 valence electrons. The molecule has 0 N–H and O–H groups in total. The van der Waals surface area contributed by atoms with Gasteiger partial charge in [-0.3, -0.25) is 0 Å². The Morgan fingerprint density at radius 1 is 0.557 bits per heavy atom. The number of hydrogen-bond donors (Lipinski definition) is 0. The minimum absolute atomic E-state index is 0. The molecule has 4 nitrogen and oxygen atoms in total. The van der Waals surface area contributed by atoms with Crippen molar-refractivity contribution in [2.45, 2.75) is 235 Å². The number of aryl methyl sites for hydroxylation is 2. The van der Waals surface area contributed by atoms with Gasteiger partial charge in [-0.15, -0.1) is 18.7 Å². The number of allylic oxidation sites excluding steroid dienone is 4. The van der Waals surface area contributed by atoms with E-state index < -0.39 is 34.0 Å². The van der Waals surface area contributed by atoms with E-state index in [0.717, 1.165) is 17.1 Å². The first-order chi connectivity index (χ1) is 35.4. The van der Waals surface area contributed by atoms with Crippen molar-refractivity contribution in [1.29, 1.82) is 0 Å². The average molecular weight is 1410 g/mol. The molecule has 79 heavy (non-hydrogen) atoms. The molecule has 0 spiro atoms. The molecule has 0 amide bonds. The SMILES string of the molecule is C1=CCC/C=C\CC1.CC.CC.CC.CCC.COc1cc[c-]c(C)c1-c1ccccc1[P+](C)(C1CCCCC1)C1CCCCC1.C[Si](C)(C)CCC[Si](C)(C)C.Cc1ccccc1.O=S(=O)=O.[Ar].[Ar].[Na+].[Pd].[Pd].c1ccccc1. The third-order valence-corrected chi connectivity index (χ3v) is 21.7. The van der Waals surface area contributed by atoms with Gasteiger partial charge in [0, 0.05) is 145 Å². The molecular formula is C66H113Ar2NaO4PPd2SSi2+. The van der Waals surface area contributed by atoms with Crippen LogP contribution in [0, 0.1) is 95.4 Å². The number of ether oxygens (including phenoxy) is 1. The first-order valence-corrected chi connectivity index (χ1v) is 39.8. The van der Waals surface area contributed by atoms with Crippen LogP contribution >= 0.6 is 7.26 Å². The van der Waals surface area contributed by atoms with Crippen molar-refractivity contribution in [1.82, 2.24) is 0 Å². The van der Waals surface area contributed by atoms with E-state index in [4.69, 9.17) is 17.4 Å². The second-order valence-electron chi connectivity index (χ2n) is 21.1. The van der Waals surface area contributed by atoms with Gasteiger partial charge in [-0.2, -0.15) is 17.7 Å². The standard InChI is InChI=1S/C27H37OP.C9H24Si2.C8H12.C7H8.C6H6.C3H8.3C2H6.2Ar.Na.O3S.2Pd/c1-21-13-12-19-25(28-2)27(21)24-18-10-11-20-26(24)29(3,22-14-6-4-7-15-22)23-16-8-5-9-17-23;1-10(2,3)8-7-9-11(4,5)6;1-2-4-6-8-7-5-3-1;1-7-5-3-2-4-6-7;1-2-4-6-5-3-1;1-3-2;3*1-2;;;;1-4(2)3;;/h10-12,18-20,22-23H,4-9,14-17H2,1-3H3;7-9H2,1-6H3;1-2,7-8H,3-6H2;2-6H,1H3;1-6H;3H2,1-2H3;3*1-2H3;;;;;;/q;;;;;;;;;;;+1;;;/b;;2-1-,8-7?;;;;;;;;;;;;. The molecule has 2 saturated carbocycles. The minimum Gasteiger partial charge on any atom is -0.522 e. The van der Waals surface area contributed by atoms with Gasteiger partial charge in [-0.1, -0.05) is 260 Å². The first kappa shape index (κ1) is 96.8. The van der Waals surface area contributed by atoms with Gasteiger partial charge in [0.25, 0.3) is 0 Å². The number of benzene rings is 4. The Kier molecular flexibility index (Phi) is 78.4. The van der Waals surface area contributed by atoms with Crippen molar-refractivity contribution >= 4 is 39.3 Å². The zero-order valence-corrected chi connectivity index (χ0v) is 63.6. The largest absolute Gasteiger partial charge is 1.00 e. The van der Waals surface area contributed by atoms with Gasteiger partial charge in [-0.25, -0.2) is 0 Å². The van der Waals surface area contributed by atoms with E-state index in [1.807, 2.05) is 102 Å². The molecule has 4 aromatic carbocycles. The van der Waals surface area contributed by atoms with E-state index in [1.54, 1.807) is 12.4 Å². The van der Waals surface area contributed by atoms with Crippen LogP contribution in [-0.2, 0) is 51.5 Å². The predicted molar refractivity (Wildman–Crippen MR) is 343 cm³/mol. The van der Waals surface area contributed by atoms with Crippen LogP contribution in [0.3, 0.4) is 0 Å². The zero-order valence-electron chi connectivity index (χ0n) is 53.3. The summed E-state index contributed by atoms with van der Waals surface area (Å²) in [5.74, 6) is 0.993. The van der Waals surface area contributed by atoms with Crippen LogP contribution in [0.4, 0.5) is 0 Å². The topological polar surface area (TPSA) is 60.4 Å². The van der Waals surface area contributed by atoms with Crippen molar-refractivity contribution in [2.24, 2.45) is 0 Å². The van der Waals surface area contributed by atoms with Crippen LogP contribution in [0.1, 0.15) is 169 Å². The van der Waals surface area contributed by atoms with Crippen molar-refractivity contribution in [3.63, 3.8) is 0 Å². The van der Waals surface area contributed by atoms with Crippen LogP contribution in [-0.4, -0.2) is 53.9 Å². The normalized spacial score (nSPS) is 13.5. The minimum atomic E-state index is -3.11. The van der Waals surface area contributed by atoms with Gasteiger partial charge in [-0.05, 0) is 95.6 Å². The van der Waals surface area contributed by atoms with Crippen LogP contribution < -0.4 is 39.6 Å². The van der Waals surface area contributed by atoms with Gasteiger partial charge in [0.05, 0.1) is 30.4 Å². The molecule has 0 unspecified atom stereocenters.